The summed E-state index contributed by atoms with van der Waals surface area (Å²) >= 11 is 0. The van der Waals surface area contributed by atoms with Crippen LogP contribution in [0.2, 0.25) is 0 Å². The third-order valence-corrected chi connectivity index (χ3v) is 3.98. The lowest BCUT2D eigenvalue weighted by molar-refractivity contribution is -0.145. The molecule has 0 bridgehead atoms. The summed E-state index contributed by atoms with van der Waals surface area (Å²) in [7, 11) is 0. The van der Waals surface area contributed by atoms with Crippen LogP contribution in [0.3, 0.4) is 0 Å². The van der Waals surface area contributed by atoms with E-state index in [4.69, 9.17) is 4.74 Å². The fraction of sp³-hybridized carbons (Fsp3) is 0.769. The average Bonchev–Trinajstić information content (AvgIpc) is 2.51. The van der Waals surface area contributed by atoms with Crippen molar-refractivity contribution in [3.8, 4) is 0 Å². The summed E-state index contributed by atoms with van der Waals surface area (Å²) < 4.78 is 5.21. The van der Waals surface area contributed by atoms with Crippen molar-refractivity contribution >= 4 is 5.97 Å². The molecule has 0 saturated heterocycles. The van der Waals surface area contributed by atoms with E-state index in [1.54, 1.807) is 0 Å². The van der Waals surface area contributed by atoms with Crippen molar-refractivity contribution in [2.45, 2.75) is 41.0 Å². The topological polar surface area (TPSA) is 26.3 Å². The van der Waals surface area contributed by atoms with Crippen molar-refractivity contribution in [2.75, 3.05) is 6.61 Å². The minimum atomic E-state index is -0.0502. The maximum Gasteiger partial charge on any atom is 0.310 e. The maximum atomic E-state index is 11.7. The van der Waals surface area contributed by atoms with Gasteiger partial charge in [-0.2, -0.15) is 0 Å². The first-order valence-corrected chi connectivity index (χ1v) is 5.67. The number of rotatable bonds is 4. The van der Waals surface area contributed by atoms with Gasteiger partial charge in [-0.1, -0.05) is 46.8 Å². The Hall–Kier alpha value is -0.790. The van der Waals surface area contributed by atoms with E-state index in [2.05, 4.69) is 34.6 Å². The Morgan fingerprint density at radius 3 is 2.13 bits per heavy atom. The third kappa shape index (κ3) is 2.09. The molecular weight excluding hydrogens is 188 g/mol. The highest BCUT2D eigenvalue weighted by atomic mass is 16.5. The molecule has 0 radical (unpaired) electrons. The molecule has 0 aliphatic heterocycles. The van der Waals surface area contributed by atoms with Crippen LogP contribution >= 0.6 is 0 Å². The van der Waals surface area contributed by atoms with E-state index in [9.17, 15) is 4.79 Å². The van der Waals surface area contributed by atoms with Crippen molar-refractivity contribution in [1.82, 2.24) is 0 Å². The zero-order valence-electron chi connectivity index (χ0n) is 10.5. The first-order valence-electron chi connectivity index (χ1n) is 5.67. The molecule has 1 aliphatic carbocycles. The molecule has 15 heavy (non-hydrogen) atoms. The fourth-order valence-electron chi connectivity index (χ4n) is 2.23. The summed E-state index contributed by atoms with van der Waals surface area (Å²) in [5.74, 6) is 0.00535. The second-order valence-corrected chi connectivity index (χ2v) is 5.39. The van der Waals surface area contributed by atoms with Crippen LogP contribution in [-0.4, -0.2) is 12.6 Å². The number of allylic oxidation sites excluding steroid dienone is 1. The van der Waals surface area contributed by atoms with Gasteiger partial charge < -0.3 is 4.74 Å². The van der Waals surface area contributed by atoms with Gasteiger partial charge in [0.15, 0.2) is 0 Å². The Morgan fingerprint density at radius 1 is 1.20 bits per heavy atom. The van der Waals surface area contributed by atoms with Gasteiger partial charge in [0.05, 0.1) is 5.92 Å². The predicted octanol–water partition coefficient (Wildman–Crippen LogP) is 3.18. The van der Waals surface area contributed by atoms with E-state index < -0.39 is 0 Å². The van der Waals surface area contributed by atoms with Crippen molar-refractivity contribution in [3.05, 3.63) is 12.2 Å². The average molecular weight is 210 g/mol. The molecule has 0 aromatic rings. The highest BCUT2D eigenvalue weighted by Gasteiger charge is 2.69. The maximum absolute atomic E-state index is 11.7. The molecule has 0 N–H and O–H groups in total. The van der Waals surface area contributed by atoms with Gasteiger partial charge in [-0.25, -0.2) is 0 Å². The van der Waals surface area contributed by atoms with Gasteiger partial charge >= 0.3 is 5.97 Å². The molecule has 2 heteroatoms. The van der Waals surface area contributed by atoms with Gasteiger partial charge in [0.1, 0.15) is 6.61 Å². The van der Waals surface area contributed by atoms with Crippen LogP contribution in [0.5, 0.6) is 0 Å². The van der Waals surface area contributed by atoms with Gasteiger partial charge in [0.25, 0.3) is 0 Å². The zero-order chi connectivity index (χ0) is 11.7. The van der Waals surface area contributed by atoms with Gasteiger partial charge in [0.2, 0.25) is 0 Å². The number of esters is 1. The quantitative estimate of drug-likeness (QED) is 0.526. The van der Waals surface area contributed by atoms with Crippen LogP contribution in [-0.2, 0) is 9.53 Å². The molecule has 1 rings (SSSR count). The third-order valence-electron chi connectivity index (χ3n) is 3.98. The highest BCUT2D eigenvalue weighted by Crippen LogP contribution is 2.68. The zero-order valence-corrected chi connectivity index (χ0v) is 10.5. The minimum Gasteiger partial charge on any atom is -0.461 e. The van der Waals surface area contributed by atoms with Crippen LogP contribution in [0.1, 0.15) is 41.0 Å². The summed E-state index contributed by atoms with van der Waals surface area (Å²) in [6, 6.07) is 0. The standard InChI is InChI=1S/C13H22O2/c1-6-7-8-9-15-11(14)10-12(2,3)13(10,4)5/h7-8,10H,6,9H2,1-5H3. The molecule has 86 valence electrons. The molecule has 1 saturated carbocycles. The lowest BCUT2D eigenvalue weighted by atomic mass is 10.0. The van der Waals surface area contributed by atoms with Crippen molar-refractivity contribution in [1.29, 1.82) is 0 Å². The van der Waals surface area contributed by atoms with Crippen molar-refractivity contribution < 1.29 is 9.53 Å². The Morgan fingerprint density at radius 2 is 1.73 bits per heavy atom. The molecule has 1 aliphatic rings. The van der Waals surface area contributed by atoms with Gasteiger partial charge in [-0.15, -0.1) is 0 Å². The van der Waals surface area contributed by atoms with E-state index in [1.165, 1.54) is 0 Å². The summed E-state index contributed by atoms with van der Waals surface area (Å²) in [4.78, 5) is 11.7. The molecule has 0 heterocycles. The summed E-state index contributed by atoms with van der Waals surface area (Å²) in [5, 5.41) is 0. The van der Waals surface area contributed by atoms with Crippen LogP contribution in [0.25, 0.3) is 0 Å². The molecule has 0 unspecified atom stereocenters. The monoisotopic (exact) mass is 210 g/mol. The summed E-state index contributed by atoms with van der Waals surface area (Å²) in [6.45, 7) is 11.0. The van der Waals surface area contributed by atoms with Gasteiger partial charge in [0, 0.05) is 0 Å². The van der Waals surface area contributed by atoms with E-state index >= 15 is 0 Å². The number of hydrogen-bond acceptors (Lipinski definition) is 2. The first kappa shape index (κ1) is 12.3. The number of carbonyl (C=O) groups is 1. The van der Waals surface area contributed by atoms with Crippen LogP contribution in [0, 0.1) is 16.7 Å². The van der Waals surface area contributed by atoms with E-state index in [1.807, 2.05) is 12.2 Å². The van der Waals surface area contributed by atoms with E-state index in [-0.39, 0.29) is 22.7 Å². The van der Waals surface area contributed by atoms with Crippen molar-refractivity contribution in [2.24, 2.45) is 16.7 Å². The van der Waals surface area contributed by atoms with E-state index in [0.717, 1.165) is 6.42 Å². The second kappa shape index (κ2) is 3.99. The van der Waals surface area contributed by atoms with E-state index in [0.29, 0.717) is 6.61 Å². The normalized spacial score (nSPS) is 23.0. The number of ether oxygens (including phenoxy) is 1. The second-order valence-electron chi connectivity index (χ2n) is 5.39. The first-order chi connectivity index (χ1) is 6.85. The highest BCUT2D eigenvalue weighted by molar-refractivity contribution is 5.78. The smallest absolute Gasteiger partial charge is 0.310 e. The van der Waals surface area contributed by atoms with Gasteiger partial charge in [-0.05, 0) is 17.3 Å². The molecule has 0 spiro atoms. The largest absolute Gasteiger partial charge is 0.461 e. The molecule has 0 amide bonds. The molecule has 2 nitrogen and oxygen atoms in total. The molecule has 0 aromatic heterocycles. The van der Waals surface area contributed by atoms with Crippen molar-refractivity contribution in [3.63, 3.8) is 0 Å². The predicted molar refractivity (Wildman–Crippen MR) is 61.4 cm³/mol. The Balaban J connectivity index is 2.41. The Labute approximate surface area is 92.7 Å². The molecule has 0 aromatic carbocycles. The van der Waals surface area contributed by atoms with Crippen LogP contribution < -0.4 is 0 Å². The number of hydrogen-bond donors (Lipinski definition) is 0. The molecule has 1 fully saturated rings. The summed E-state index contributed by atoms with van der Waals surface area (Å²) in [5.41, 5.74) is 0.164. The minimum absolute atomic E-state index is 0.0502. The summed E-state index contributed by atoms with van der Waals surface area (Å²) in [6.07, 6.45) is 4.90. The number of carbonyl (C=O) groups excluding carboxylic acids is 1. The Bertz CT molecular complexity index is 260. The molecular formula is C13H22O2. The lowest BCUT2D eigenvalue weighted by Crippen LogP contribution is -2.11. The fourth-order valence-corrected chi connectivity index (χ4v) is 2.23. The Kier molecular flexibility index (Phi) is 3.27. The SMILES string of the molecule is CCC=CCOC(=O)C1C(C)(C)C1(C)C. The lowest BCUT2D eigenvalue weighted by Gasteiger charge is -2.03. The van der Waals surface area contributed by atoms with Gasteiger partial charge in [-0.3, -0.25) is 4.79 Å². The molecule has 0 atom stereocenters. The van der Waals surface area contributed by atoms with Crippen LogP contribution in [0.15, 0.2) is 12.2 Å². The van der Waals surface area contributed by atoms with Crippen LogP contribution in [0.4, 0.5) is 0 Å².